The minimum atomic E-state index is -4.32. The Balaban J connectivity index is 1.90. The Morgan fingerprint density at radius 2 is 2.00 bits per heavy atom. The summed E-state index contributed by atoms with van der Waals surface area (Å²) >= 11 is 5.80. The van der Waals surface area contributed by atoms with Crippen LogP contribution >= 0.6 is 11.6 Å². The maximum atomic E-state index is 12.3. The first-order valence-electron chi connectivity index (χ1n) is 6.63. The molecule has 2 N–H and O–H groups in total. The number of nitrogens with one attached hydrogen (secondary N) is 2. The second kappa shape index (κ2) is 7.32. The molecule has 2 aromatic rings. The number of anilines is 1. The first-order valence-corrected chi connectivity index (χ1v) is 7.00. The van der Waals surface area contributed by atoms with Gasteiger partial charge in [-0.15, -0.1) is 0 Å². The normalized spacial score (nSPS) is 11.1. The van der Waals surface area contributed by atoms with Crippen LogP contribution in [0.4, 0.5) is 23.7 Å². The van der Waals surface area contributed by atoms with Crippen molar-refractivity contribution in [3.05, 3.63) is 58.9 Å². The van der Waals surface area contributed by atoms with Gasteiger partial charge in [0.2, 0.25) is 0 Å². The molecule has 1 aromatic carbocycles. The van der Waals surface area contributed by atoms with Gasteiger partial charge in [0.1, 0.15) is 0 Å². The standard InChI is InChI=1S/C15H13ClF3N3O/c16-11-2-1-3-12(7-11)22-14(23)21-9-10-4-5-20-13(6-10)8-15(17,18)19/h1-7H,8-9H2,(H2,21,22,23). The topological polar surface area (TPSA) is 54.0 Å². The fourth-order valence-corrected chi connectivity index (χ4v) is 2.05. The number of alkyl halides is 3. The number of hydrogen-bond donors (Lipinski definition) is 2. The molecule has 0 spiro atoms. The third-order valence-electron chi connectivity index (χ3n) is 2.80. The van der Waals surface area contributed by atoms with E-state index >= 15 is 0 Å². The van der Waals surface area contributed by atoms with Gasteiger partial charge in [0.05, 0.1) is 6.42 Å². The molecule has 0 bridgehead atoms. The SMILES string of the molecule is O=C(NCc1ccnc(CC(F)(F)F)c1)Nc1cccc(Cl)c1. The van der Waals surface area contributed by atoms with Crippen molar-refractivity contribution in [2.75, 3.05) is 5.32 Å². The minimum absolute atomic E-state index is 0.0831. The molecule has 23 heavy (non-hydrogen) atoms. The summed E-state index contributed by atoms with van der Waals surface area (Å²) in [5.41, 5.74) is 0.954. The molecule has 0 radical (unpaired) electrons. The monoisotopic (exact) mass is 343 g/mol. The molecule has 1 heterocycles. The Hall–Kier alpha value is -2.28. The van der Waals surface area contributed by atoms with Gasteiger partial charge in [0.15, 0.2) is 0 Å². The lowest BCUT2D eigenvalue weighted by Gasteiger charge is -2.09. The van der Waals surface area contributed by atoms with Crippen molar-refractivity contribution in [1.29, 1.82) is 0 Å². The van der Waals surface area contributed by atoms with E-state index in [2.05, 4.69) is 15.6 Å². The van der Waals surface area contributed by atoms with E-state index in [-0.39, 0.29) is 12.2 Å². The second-order valence-electron chi connectivity index (χ2n) is 4.77. The highest BCUT2D eigenvalue weighted by molar-refractivity contribution is 6.30. The molecule has 0 atom stereocenters. The summed E-state index contributed by atoms with van der Waals surface area (Å²) in [5.74, 6) is 0. The second-order valence-corrected chi connectivity index (χ2v) is 5.20. The molecule has 0 aliphatic carbocycles. The summed E-state index contributed by atoms with van der Waals surface area (Å²) in [6.45, 7) is 0.0831. The molecule has 0 saturated carbocycles. The van der Waals surface area contributed by atoms with Crippen LogP contribution in [-0.2, 0) is 13.0 Å². The highest BCUT2D eigenvalue weighted by atomic mass is 35.5. The van der Waals surface area contributed by atoms with E-state index in [1.54, 1.807) is 30.3 Å². The van der Waals surface area contributed by atoms with Crippen LogP contribution in [0.15, 0.2) is 42.6 Å². The van der Waals surface area contributed by atoms with Crippen molar-refractivity contribution in [1.82, 2.24) is 10.3 Å². The van der Waals surface area contributed by atoms with E-state index in [1.165, 1.54) is 12.3 Å². The Morgan fingerprint density at radius 3 is 2.70 bits per heavy atom. The number of aromatic nitrogens is 1. The number of hydrogen-bond acceptors (Lipinski definition) is 2. The maximum Gasteiger partial charge on any atom is 0.394 e. The van der Waals surface area contributed by atoms with Crippen LogP contribution in [0.25, 0.3) is 0 Å². The summed E-state index contributed by atoms with van der Waals surface area (Å²) < 4.78 is 37.0. The molecule has 0 aliphatic rings. The smallest absolute Gasteiger partial charge is 0.334 e. The van der Waals surface area contributed by atoms with Crippen molar-refractivity contribution in [2.45, 2.75) is 19.1 Å². The van der Waals surface area contributed by atoms with E-state index < -0.39 is 18.6 Å². The van der Waals surface area contributed by atoms with Crippen LogP contribution < -0.4 is 10.6 Å². The lowest BCUT2D eigenvalue weighted by Crippen LogP contribution is -2.28. The van der Waals surface area contributed by atoms with Gasteiger partial charge in [0, 0.05) is 29.1 Å². The third-order valence-corrected chi connectivity index (χ3v) is 3.03. The predicted octanol–water partition coefficient (Wildman–Crippen LogP) is 4.16. The zero-order valence-corrected chi connectivity index (χ0v) is 12.6. The van der Waals surface area contributed by atoms with Crippen LogP contribution in [0, 0.1) is 0 Å². The number of carbonyl (C=O) groups excluding carboxylic acids is 1. The number of nitrogens with zero attached hydrogens (tertiary/aromatic N) is 1. The Labute approximate surface area is 135 Å². The number of halogens is 4. The average Bonchev–Trinajstić information content (AvgIpc) is 2.44. The first-order chi connectivity index (χ1) is 10.8. The van der Waals surface area contributed by atoms with Gasteiger partial charge in [-0.1, -0.05) is 17.7 Å². The number of amides is 2. The molecular weight excluding hydrogens is 331 g/mol. The van der Waals surface area contributed by atoms with E-state index in [0.29, 0.717) is 16.3 Å². The lowest BCUT2D eigenvalue weighted by atomic mass is 10.2. The Kier molecular flexibility index (Phi) is 5.44. The quantitative estimate of drug-likeness (QED) is 0.875. The van der Waals surface area contributed by atoms with Crippen molar-refractivity contribution in [2.24, 2.45) is 0 Å². The van der Waals surface area contributed by atoms with E-state index in [0.717, 1.165) is 0 Å². The number of pyridine rings is 1. The molecular formula is C15H13ClF3N3O. The zero-order valence-electron chi connectivity index (χ0n) is 11.8. The Bertz CT molecular complexity index is 692. The molecule has 2 rings (SSSR count). The van der Waals surface area contributed by atoms with E-state index in [1.807, 2.05) is 0 Å². The fraction of sp³-hybridized carbons (Fsp3) is 0.200. The zero-order chi connectivity index (χ0) is 16.9. The van der Waals surface area contributed by atoms with Gasteiger partial charge in [0.25, 0.3) is 0 Å². The minimum Gasteiger partial charge on any atom is -0.334 e. The van der Waals surface area contributed by atoms with Crippen LogP contribution in [0.5, 0.6) is 0 Å². The molecule has 0 unspecified atom stereocenters. The molecule has 1 aromatic heterocycles. The fourth-order valence-electron chi connectivity index (χ4n) is 1.86. The van der Waals surface area contributed by atoms with Crippen LogP contribution in [0.3, 0.4) is 0 Å². The van der Waals surface area contributed by atoms with Crippen LogP contribution in [0.2, 0.25) is 5.02 Å². The molecule has 8 heteroatoms. The summed E-state index contributed by atoms with van der Waals surface area (Å²) in [5, 5.41) is 5.61. The van der Waals surface area contributed by atoms with E-state index in [9.17, 15) is 18.0 Å². The number of benzene rings is 1. The van der Waals surface area contributed by atoms with Gasteiger partial charge in [-0.05, 0) is 35.9 Å². The number of carbonyl (C=O) groups is 1. The number of rotatable bonds is 4. The van der Waals surface area contributed by atoms with Gasteiger partial charge in [-0.25, -0.2) is 4.79 Å². The summed E-state index contributed by atoms with van der Waals surface area (Å²) in [6, 6.07) is 8.97. The van der Waals surface area contributed by atoms with Crippen molar-refractivity contribution in [3.63, 3.8) is 0 Å². The van der Waals surface area contributed by atoms with Crippen molar-refractivity contribution < 1.29 is 18.0 Å². The molecule has 0 fully saturated rings. The third kappa shape index (κ3) is 6.15. The number of urea groups is 1. The highest BCUT2D eigenvalue weighted by Crippen LogP contribution is 2.20. The highest BCUT2D eigenvalue weighted by Gasteiger charge is 2.28. The predicted molar refractivity (Wildman–Crippen MR) is 81.3 cm³/mol. The van der Waals surface area contributed by atoms with Gasteiger partial charge in [-0.3, -0.25) is 4.98 Å². The molecule has 4 nitrogen and oxygen atoms in total. The molecule has 0 saturated heterocycles. The van der Waals surface area contributed by atoms with Gasteiger partial charge in [-0.2, -0.15) is 13.2 Å². The first kappa shape index (κ1) is 17.1. The largest absolute Gasteiger partial charge is 0.394 e. The van der Waals surface area contributed by atoms with Crippen molar-refractivity contribution >= 4 is 23.3 Å². The molecule has 0 aliphatic heterocycles. The van der Waals surface area contributed by atoms with Gasteiger partial charge < -0.3 is 10.6 Å². The van der Waals surface area contributed by atoms with Crippen LogP contribution in [-0.4, -0.2) is 17.2 Å². The molecule has 122 valence electrons. The summed E-state index contributed by atoms with van der Waals surface area (Å²) in [4.78, 5) is 15.4. The van der Waals surface area contributed by atoms with Crippen LogP contribution in [0.1, 0.15) is 11.3 Å². The van der Waals surface area contributed by atoms with Crippen molar-refractivity contribution in [3.8, 4) is 0 Å². The van der Waals surface area contributed by atoms with Gasteiger partial charge >= 0.3 is 12.2 Å². The summed E-state index contributed by atoms with van der Waals surface area (Å²) in [6.07, 6.45) is -4.13. The average molecular weight is 344 g/mol. The summed E-state index contributed by atoms with van der Waals surface area (Å²) in [7, 11) is 0. The molecule has 2 amide bonds. The van der Waals surface area contributed by atoms with E-state index in [4.69, 9.17) is 11.6 Å². The lowest BCUT2D eigenvalue weighted by molar-refractivity contribution is -0.127. The Morgan fingerprint density at radius 1 is 1.22 bits per heavy atom. The maximum absolute atomic E-state index is 12.3.